The molecule has 0 aromatic heterocycles. The third-order valence-corrected chi connectivity index (χ3v) is 6.17. The van der Waals surface area contributed by atoms with Crippen molar-refractivity contribution in [3.8, 4) is 0 Å². The van der Waals surface area contributed by atoms with E-state index < -0.39 is 122 Å². The van der Waals surface area contributed by atoms with Crippen LogP contribution in [0.2, 0.25) is 0 Å². The fraction of sp³-hybridized carbons (Fsp3) is 0.714. The summed E-state index contributed by atoms with van der Waals surface area (Å²) >= 11 is 0. The summed E-state index contributed by atoms with van der Waals surface area (Å²) in [5, 5.41) is 0. The highest BCUT2D eigenvalue weighted by Crippen LogP contribution is 2.35. The SMILES string of the molecule is CC(=O)OC[C@H]1O[C@H](OC(C)=O)[C@H](O[C@@H]2O[C@H](COC(C)=O)[C@@H](OC(C)=O)[C@H](OC(C)=O)[C@@H]2OC(C)=O)[C@H](OC(C)=O)[C@H]1OC(C)=O. The van der Waals surface area contributed by atoms with E-state index in [0.717, 1.165) is 55.4 Å². The highest BCUT2D eigenvalue weighted by atomic mass is 16.8. The molecule has 0 aromatic carbocycles. The van der Waals surface area contributed by atoms with Gasteiger partial charge in [-0.15, -0.1) is 0 Å². The lowest BCUT2D eigenvalue weighted by atomic mass is 9.96. The predicted octanol–water partition coefficient (Wildman–Crippen LogP) is -0.831. The zero-order valence-electron chi connectivity index (χ0n) is 26.9. The van der Waals surface area contributed by atoms with Crippen LogP contribution >= 0.6 is 0 Å². The molecule has 0 aliphatic carbocycles. The summed E-state index contributed by atoms with van der Waals surface area (Å²) in [6.07, 6.45) is -16.4. The molecule has 10 atom stereocenters. The van der Waals surface area contributed by atoms with E-state index >= 15 is 0 Å². The average molecular weight is 679 g/mol. The minimum Gasteiger partial charge on any atom is -0.463 e. The lowest BCUT2D eigenvalue weighted by Crippen LogP contribution is -2.67. The van der Waals surface area contributed by atoms with Crippen LogP contribution in [0.15, 0.2) is 0 Å². The van der Waals surface area contributed by atoms with Gasteiger partial charge in [0.15, 0.2) is 42.9 Å². The fourth-order valence-corrected chi connectivity index (χ4v) is 4.73. The molecule has 2 saturated heterocycles. The van der Waals surface area contributed by atoms with Crippen LogP contribution in [0.3, 0.4) is 0 Å². The van der Waals surface area contributed by atoms with E-state index in [1.165, 1.54) is 0 Å². The average Bonchev–Trinajstić information content (AvgIpc) is 2.91. The molecule has 0 unspecified atom stereocenters. The van der Waals surface area contributed by atoms with E-state index in [1.807, 2.05) is 0 Å². The Labute approximate surface area is 268 Å². The van der Waals surface area contributed by atoms with E-state index in [2.05, 4.69) is 0 Å². The van der Waals surface area contributed by atoms with Crippen LogP contribution < -0.4 is 0 Å². The third-order valence-electron chi connectivity index (χ3n) is 6.17. The van der Waals surface area contributed by atoms with Crippen molar-refractivity contribution in [2.24, 2.45) is 0 Å². The minimum atomic E-state index is -1.86. The Hall–Kier alpha value is -4.36. The topological polar surface area (TPSA) is 238 Å². The first-order valence-electron chi connectivity index (χ1n) is 14.2. The van der Waals surface area contributed by atoms with Gasteiger partial charge in [0, 0.05) is 55.4 Å². The second kappa shape index (κ2) is 17.5. The molecule has 0 bridgehead atoms. The maximum Gasteiger partial charge on any atom is 0.305 e. The minimum absolute atomic E-state index is 0.561. The molecular weight excluding hydrogens is 640 g/mol. The Bertz CT molecular complexity index is 1200. The molecule has 0 amide bonds. The number of hydrogen-bond donors (Lipinski definition) is 0. The smallest absolute Gasteiger partial charge is 0.305 e. The quantitative estimate of drug-likeness (QED) is 0.181. The lowest BCUT2D eigenvalue weighted by Gasteiger charge is -2.48. The zero-order chi connectivity index (χ0) is 35.6. The zero-order valence-corrected chi connectivity index (χ0v) is 26.9. The Morgan fingerprint density at radius 1 is 0.383 bits per heavy atom. The Morgan fingerprint density at radius 2 is 0.702 bits per heavy atom. The van der Waals surface area contributed by atoms with E-state index in [0.29, 0.717) is 0 Å². The third kappa shape index (κ3) is 12.1. The summed E-state index contributed by atoms with van der Waals surface area (Å²) in [6.45, 7) is 7.10. The van der Waals surface area contributed by atoms with E-state index in [4.69, 9.17) is 52.1 Å². The van der Waals surface area contributed by atoms with Gasteiger partial charge >= 0.3 is 47.8 Å². The Morgan fingerprint density at radius 3 is 1.06 bits per heavy atom. The van der Waals surface area contributed by atoms with Crippen LogP contribution in [0.5, 0.6) is 0 Å². The fourth-order valence-electron chi connectivity index (χ4n) is 4.73. The number of rotatable bonds is 12. The molecule has 47 heavy (non-hydrogen) atoms. The molecule has 2 fully saturated rings. The molecule has 2 heterocycles. The van der Waals surface area contributed by atoms with Crippen LogP contribution in [0.1, 0.15) is 55.4 Å². The highest BCUT2D eigenvalue weighted by molar-refractivity contribution is 5.69. The first-order chi connectivity index (χ1) is 21.9. The Balaban J connectivity index is 2.72. The van der Waals surface area contributed by atoms with Gasteiger partial charge in [0.05, 0.1) is 0 Å². The van der Waals surface area contributed by atoms with Crippen molar-refractivity contribution >= 4 is 47.8 Å². The van der Waals surface area contributed by atoms with Gasteiger partial charge in [-0.1, -0.05) is 0 Å². The first kappa shape index (κ1) is 38.8. The van der Waals surface area contributed by atoms with E-state index in [9.17, 15) is 38.4 Å². The van der Waals surface area contributed by atoms with Crippen molar-refractivity contribution in [3.63, 3.8) is 0 Å². The summed E-state index contributed by atoms with van der Waals surface area (Å²) in [6, 6.07) is 0. The molecule has 2 aliphatic rings. The van der Waals surface area contributed by atoms with E-state index in [-0.39, 0.29) is 0 Å². The van der Waals surface area contributed by atoms with Crippen LogP contribution in [-0.2, 0) is 90.5 Å². The Kier molecular flexibility index (Phi) is 14.5. The summed E-state index contributed by atoms with van der Waals surface area (Å²) in [5.41, 5.74) is 0. The number of esters is 8. The molecule has 0 radical (unpaired) electrons. The maximum absolute atomic E-state index is 12.3. The molecule has 0 aromatic rings. The van der Waals surface area contributed by atoms with Gasteiger partial charge in [0.2, 0.25) is 6.29 Å². The molecular formula is C28H38O19. The van der Waals surface area contributed by atoms with Crippen molar-refractivity contribution in [2.45, 2.75) is 117 Å². The van der Waals surface area contributed by atoms with Gasteiger partial charge in [-0.25, -0.2) is 0 Å². The first-order valence-corrected chi connectivity index (χ1v) is 14.2. The van der Waals surface area contributed by atoms with Crippen LogP contribution in [0, 0.1) is 0 Å². The molecule has 264 valence electrons. The molecule has 0 N–H and O–H groups in total. The summed E-state index contributed by atoms with van der Waals surface area (Å²) in [5.74, 6) is -7.02. The van der Waals surface area contributed by atoms with Gasteiger partial charge < -0.3 is 52.1 Å². The maximum atomic E-state index is 12.3. The lowest BCUT2D eigenvalue weighted by molar-refractivity contribution is -0.363. The molecule has 0 saturated carbocycles. The molecule has 19 heteroatoms. The van der Waals surface area contributed by atoms with Crippen LogP contribution in [0.4, 0.5) is 0 Å². The summed E-state index contributed by atoms with van der Waals surface area (Å²) < 4.78 is 60.2. The van der Waals surface area contributed by atoms with Gasteiger partial charge in [-0.2, -0.15) is 0 Å². The van der Waals surface area contributed by atoms with E-state index in [1.54, 1.807) is 0 Å². The normalized spacial score (nSPS) is 30.0. The molecule has 0 spiro atoms. The predicted molar refractivity (Wildman–Crippen MR) is 145 cm³/mol. The molecule has 19 nitrogen and oxygen atoms in total. The van der Waals surface area contributed by atoms with Crippen molar-refractivity contribution < 1.29 is 90.5 Å². The number of carbonyl (C=O) groups is 8. The second-order valence-electron chi connectivity index (χ2n) is 10.3. The largest absolute Gasteiger partial charge is 0.463 e. The van der Waals surface area contributed by atoms with Crippen LogP contribution in [0.25, 0.3) is 0 Å². The van der Waals surface area contributed by atoms with Crippen molar-refractivity contribution in [1.82, 2.24) is 0 Å². The molecule has 2 rings (SSSR count). The number of ether oxygens (including phenoxy) is 11. The van der Waals surface area contributed by atoms with Crippen LogP contribution in [-0.4, -0.2) is 122 Å². The number of hydrogen-bond acceptors (Lipinski definition) is 19. The highest BCUT2D eigenvalue weighted by Gasteiger charge is 2.58. The standard InChI is InChI=1S/C28H38O19/c1-11(29)37-9-19-22(40-14(4)32)24(42-16(6)34)26(27(45-19)44-18(8)36)47-28-25(43-17(7)35)23(41-15(5)33)21(39-13(3)31)20(46-28)10-38-12(2)30/h19-28H,9-10H2,1-8H3/t19-,20-,21-,22+,23+,24-,25+,26-,27+,28+/m1/s1. The summed E-state index contributed by atoms with van der Waals surface area (Å²) in [7, 11) is 0. The van der Waals surface area contributed by atoms with Crippen molar-refractivity contribution in [3.05, 3.63) is 0 Å². The van der Waals surface area contributed by atoms with Crippen molar-refractivity contribution in [2.75, 3.05) is 13.2 Å². The second-order valence-corrected chi connectivity index (χ2v) is 10.3. The van der Waals surface area contributed by atoms with Gasteiger partial charge in [0.1, 0.15) is 25.4 Å². The van der Waals surface area contributed by atoms with Gasteiger partial charge in [-0.3, -0.25) is 38.4 Å². The summed E-state index contributed by atoms with van der Waals surface area (Å²) in [4.78, 5) is 96.3. The van der Waals surface area contributed by atoms with Crippen molar-refractivity contribution in [1.29, 1.82) is 0 Å². The number of carbonyl (C=O) groups excluding carboxylic acids is 8. The molecule has 2 aliphatic heterocycles. The van der Waals surface area contributed by atoms with Gasteiger partial charge in [0.25, 0.3) is 0 Å². The monoisotopic (exact) mass is 678 g/mol. The van der Waals surface area contributed by atoms with Gasteiger partial charge in [-0.05, 0) is 0 Å².